The summed E-state index contributed by atoms with van der Waals surface area (Å²) in [5.74, 6) is -0.144. The number of rotatable bonds is 4. The molecule has 0 N–H and O–H groups in total. The number of halogens is 1. The van der Waals surface area contributed by atoms with Gasteiger partial charge in [0.05, 0.1) is 4.90 Å². The minimum Gasteiger partial charge on any atom is -0.417 e. The van der Waals surface area contributed by atoms with Gasteiger partial charge >= 0.3 is 0 Å². The van der Waals surface area contributed by atoms with Gasteiger partial charge in [-0.3, -0.25) is 4.98 Å². The highest BCUT2D eigenvalue weighted by Crippen LogP contribution is 2.35. The first-order valence-corrected chi connectivity index (χ1v) is 10.0. The molecule has 140 valence electrons. The Morgan fingerprint density at radius 3 is 2.78 bits per heavy atom. The first-order valence-electron chi connectivity index (χ1n) is 8.58. The lowest BCUT2D eigenvalue weighted by atomic mass is 10.1. The minimum absolute atomic E-state index is 0.0844. The fraction of sp³-hybridized carbons (Fsp3) is 0.278. The van der Waals surface area contributed by atoms with E-state index in [1.807, 2.05) is 0 Å². The summed E-state index contributed by atoms with van der Waals surface area (Å²) in [6.07, 6.45) is 3.71. The molecule has 0 unspecified atom stereocenters. The molecule has 0 bridgehead atoms. The van der Waals surface area contributed by atoms with Crippen molar-refractivity contribution in [3.8, 4) is 11.6 Å². The van der Waals surface area contributed by atoms with Gasteiger partial charge in [0, 0.05) is 12.7 Å². The average Bonchev–Trinajstić information content (AvgIpc) is 3.19. The highest BCUT2D eigenvalue weighted by Gasteiger charge is 2.37. The Bertz CT molecular complexity index is 1040. The zero-order valence-electron chi connectivity index (χ0n) is 14.3. The highest BCUT2D eigenvalue weighted by atomic mass is 32.2. The lowest BCUT2D eigenvalue weighted by molar-refractivity contribution is 0.220. The van der Waals surface area contributed by atoms with E-state index in [2.05, 4.69) is 15.2 Å². The number of aromatic nitrogens is 3. The molecule has 1 saturated heterocycles. The van der Waals surface area contributed by atoms with Gasteiger partial charge in [0.25, 0.3) is 5.89 Å². The first-order chi connectivity index (χ1) is 13.1. The maximum absolute atomic E-state index is 13.5. The van der Waals surface area contributed by atoms with E-state index in [4.69, 9.17) is 4.42 Å². The second kappa shape index (κ2) is 7.16. The zero-order valence-corrected chi connectivity index (χ0v) is 15.1. The van der Waals surface area contributed by atoms with Crippen LogP contribution in [0.25, 0.3) is 11.6 Å². The SMILES string of the molecule is O=S(=O)(c1cccc(F)c1)N1CCCC[C@@H]1c1nnc(-c2ccccn2)o1. The molecule has 3 aromatic rings. The van der Waals surface area contributed by atoms with Crippen molar-refractivity contribution in [2.45, 2.75) is 30.2 Å². The summed E-state index contributed by atoms with van der Waals surface area (Å²) in [4.78, 5) is 4.08. The van der Waals surface area contributed by atoms with Gasteiger partial charge < -0.3 is 4.42 Å². The number of sulfonamides is 1. The Hall–Kier alpha value is -2.65. The van der Waals surface area contributed by atoms with E-state index >= 15 is 0 Å². The van der Waals surface area contributed by atoms with E-state index in [9.17, 15) is 12.8 Å². The Balaban J connectivity index is 1.68. The number of hydrogen-bond donors (Lipinski definition) is 0. The van der Waals surface area contributed by atoms with Crippen molar-refractivity contribution < 1.29 is 17.2 Å². The average molecular weight is 388 g/mol. The molecule has 7 nitrogen and oxygen atoms in total. The molecule has 0 radical (unpaired) electrons. The van der Waals surface area contributed by atoms with Crippen molar-refractivity contribution in [2.24, 2.45) is 0 Å². The second-order valence-electron chi connectivity index (χ2n) is 6.25. The standard InChI is InChI=1S/C18H17FN4O3S/c19-13-6-5-7-14(12-13)27(24,25)23-11-4-2-9-16(23)18-22-21-17(26-18)15-8-1-3-10-20-15/h1,3,5-8,10,12,16H,2,4,9,11H2/t16-/m1/s1. The summed E-state index contributed by atoms with van der Waals surface area (Å²) in [7, 11) is -3.89. The smallest absolute Gasteiger partial charge is 0.266 e. The van der Waals surface area contributed by atoms with E-state index in [-0.39, 0.29) is 16.7 Å². The van der Waals surface area contributed by atoms with Gasteiger partial charge in [0.1, 0.15) is 17.6 Å². The quantitative estimate of drug-likeness (QED) is 0.682. The molecule has 0 spiro atoms. The first kappa shape index (κ1) is 17.7. The molecular formula is C18H17FN4O3S. The summed E-state index contributed by atoms with van der Waals surface area (Å²) in [5.41, 5.74) is 0.520. The number of piperidine rings is 1. The van der Waals surface area contributed by atoms with E-state index in [0.29, 0.717) is 25.1 Å². The largest absolute Gasteiger partial charge is 0.417 e. The van der Waals surface area contributed by atoms with Gasteiger partial charge in [0.2, 0.25) is 15.9 Å². The number of hydrogen-bond acceptors (Lipinski definition) is 6. The van der Waals surface area contributed by atoms with Crippen molar-refractivity contribution >= 4 is 10.0 Å². The van der Waals surface area contributed by atoms with Crippen molar-refractivity contribution in [2.75, 3.05) is 6.54 Å². The third kappa shape index (κ3) is 3.47. The van der Waals surface area contributed by atoms with Crippen LogP contribution < -0.4 is 0 Å². The van der Waals surface area contributed by atoms with E-state index in [0.717, 1.165) is 12.5 Å². The molecule has 1 atom stereocenters. The number of nitrogens with zero attached hydrogens (tertiary/aromatic N) is 4. The molecule has 4 rings (SSSR count). The van der Waals surface area contributed by atoms with Gasteiger partial charge in [-0.15, -0.1) is 10.2 Å². The molecule has 1 fully saturated rings. The third-order valence-electron chi connectivity index (χ3n) is 4.47. The molecule has 0 amide bonds. The molecular weight excluding hydrogens is 371 g/mol. The summed E-state index contributed by atoms with van der Waals surface area (Å²) < 4.78 is 46.7. The minimum atomic E-state index is -3.89. The predicted molar refractivity (Wildman–Crippen MR) is 94.4 cm³/mol. The Kier molecular flexibility index (Phi) is 4.71. The van der Waals surface area contributed by atoms with Gasteiger partial charge in [-0.2, -0.15) is 4.31 Å². The summed E-state index contributed by atoms with van der Waals surface area (Å²) >= 11 is 0. The van der Waals surface area contributed by atoms with E-state index in [1.54, 1.807) is 24.4 Å². The highest BCUT2D eigenvalue weighted by molar-refractivity contribution is 7.89. The van der Waals surface area contributed by atoms with Crippen LogP contribution in [-0.4, -0.2) is 34.4 Å². The van der Waals surface area contributed by atoms with Crippen molar-refractivity contribution in [3.05, 3.63) is 60.4 Å². The molecule has 1 aromatic carbocycles. The fourth-order valence-electron chi connectivity index (χ4n) is 3.16. The molecule has 27 heavy (non-hydrogen) atoms. The van der Waals surface area contributed by atoms with Crippen LogP contribution in [-0.2, 0) is 10.0 Å². The van der Waals surface area contributed by atoms with Crippen LogP contribution in [0.1, 0.15) is 31.2 Å². The van der Waals surface area contributed by atoms with Crippen LogP contribution in [0.15, 0.2) is 58.0 Å². The zero-order chi connectivity index (χ0) is 18.9. The van der Waals surface area contributed by atoms with Crippen molar-refractivity contribution in [1.82, 2.24) is 19.5 Å². The maximum Gasteiger partial charge on any atom is 0.266 e. The Morgan fingerprint density at radius 1 is 1.11 bits per heavy atom. The lowest BCUT2D eigenvalue weighted by Crippen LogP contribution is -2.38. The predicted octanol–water partition coefficient (Wildman–Crippen LogP) is 3.19. The summed E-state index contributed by atoms with van der Waals surface area (Å²) in [6.45, 7) is 0.310. The van der Waals surface area contributed by atoms with Crippen LogP contribution in [0.2, 0.25) is 0 Å². The molecule has 0 saturated carbocycles. The van der Waals surface area contributed by atoms with Crippen LogP contribution in [0.5, 0.6) is 0 Å². The van der Waals surface area contributed by atoms with Crippen molar-refractivity contribution in [3.63, 3.8) is 0 Å². The van der Waals surface area contributed by atoms with Crippen LogP contribution in [0.3, 0.4) is 0 Å². The van der Waals surface area contributed by atoms with Gasteiger partial charge in [0.15, 0.2) is 0 Å². The van der Waals surface area contributed by atoms with E-state index in [1.165, 1.54) is 22.5 Å². The number of benzene rings is 1. The second-order valence-corrected chi connectivity index (χ2v) is 8.14. The van der Waals surface area contributed by atoms with Crippen LogP contribution in [0.4, 0.5) is 4.39 Å². The molecule has 0 aliphatic carbocycles. The van der Waals surface area contributed by atoms with Gasteiger partial charge in [-0.05, 0) is 43.2 Å². The molecule has 1 aliphatic heterocycles. The summed E-state index contributed by atoms with van der Waals surface area (Å²) in [5, 5.41) is 8.06. The third-order valence-corrected chi connectivity index (χ3v) is 6.37. The monoisotopic (exact) mass is 388 g/mol. The Labute approximate surface area is 155 Å². The fourth-order valence-corrected chi connectivity index (χ4v) is 4.85. The lowest BCUT2D eigenvalue weighted by Gasteiger charge is -2.32. The molecule has 1 aliphatic rings. The van der Waals surface area contributed by atoms with Crippen LogP contribution in [0, 0.1) is 5.82 Å². The van der Waals surface area contributed by atoms with Crippen molar-refractivity contribution in [1.29, 1.82) is 0 Å². The molecule has 2 aromatic heterocycles. The van der Waals surface area contributed by atoms with E-state index < -0.39 is 21.9 Å². The number of pyridine rings is 1. The molecule has 3 heterocycles. The topological polar surface area (TPSA) is 89.2 Å². The summed E-state index contributed by atoms with van der Waals surface area (Å²) in [6, 6.07) is 9.72. The molecule has 9 heteroatoms. The van der Waals surface area contributed by atoms with Gasteiger partial charge in [-0.25, -0.2) is 12.8 Å². The van der Waals surface area contributed by atoms with Gasteiger partial charge in [-0.1, -0.05) is 18.6 Å². The Morgan fingerprint density at radius 2 is 2.00 bits per heavy atom. The van der Waals surface area contributed by atoms with Crippen LogP contribution >= 0.6 is 0 Å². The maximum atomic E-state index is 13.5. The normalized spacial score (nSPS) is 18.5.